The monoisotopic (exact) mass is 425 g/mol. The number of hydrogen-bond donors (Lipinski definition) is 0. The van der Waals surface area contributed by atoms with Gasteiger partial charge in [0.15, 0.2) is 0 Å². The molecule has 1 aromatic heterocycles. The number of aromatic nitrogens is 1. The van der Waals surface area contributed by atoms with E-state index in [2.05, 4.69) is 71.8 Å². The summed E-state index contributed by atoms with van der Waals surface area (Å²) >= 11 is 0. The molecular formula is C26H39N3O2. The number of ether oxygens (including phenoxy) is 1. The summed E-state index contributed by atoms with van der Waals surface area (Å²) in [5, 5.41) is 0. The van der Waals surface area contributed by atoms with E-state index in [-0.39, 0.29) is 11.8 Å². The van der Waals surface area contributed by atoms with Crippen molar-refractivity contribution in [2.45, 2.75) is 40.2 Å². The molecule has 31 heavy (non-hydrogen) atoms. The lowest BCUT2D eigenvalue weighted by atomic mass is 9.88. The SMILES string of the molecule is COc1cccc([C@@H]2CN(Cc3cccn3C)C[C@H]2CN(CC(C)C)C(=O)C(C)C)c1. The van der Waals surface area contributed by atoms with Crippen molar-refractivity contribution in [3.8, 4) is 5.75 Å². The first-order chi connectivity index (χ1) is 14.8. The number of methoxy groups -OCH3 is 1. The predicted molar refractivity (Wildman–Crippen MR) is 126 cm³/mol. The lowest BCUT2D eigenvalue weighted by Crippen LogP contribution is -2.41. The highest BCUT2D eigenvalue weighted by Crippen LogP contribution is 2.36. The first-order valence-electron chi connectivity index (χ1n) is 11.5. The lowest BCUT2D eigenvalue weighted by Gasteiger charge is -2.31. The van der Waals surface area contributed by atoms with E-state index in [1.54, 1.807) is 7.11 Å². The van der Waals surface area contributed by atoms with Gasteiger partial charge in [0.1, 0.15) is 5.75 Å². The summed E-state index contributed by atoms with van der Waals surface area (Å²) in [6.07, 6.45) is 2.11. The van der Waals surface area contributed by atoms with Crippen LogP contribution in [0, 0.1) is 17.8 Å². The molecule has 1 amide bonds. The summed E-state index contributed by atoms with van der Waals surface area (Å²) in [6.45, 7) is 12.9. The molecule has 1 aromatic carbocycles. The van der Waals surface area contributed by atoms with Crippen LogP contribution in [0.4, 0.5) is 0 Å². The van der Waals surface area contributed by atoms with Crippen LogP contribution < -0.4 is 4.74 Å². The number of carbonyl (C=O) groups is 1. The smallest absolute Gasteiger partial charge is 0.225 e. The molecule has 170 valence electrons. The van der Waals surface area contributed by atoms with Crippen LogP contribution in [0.3, 0.4) is 0 Å². The second-order valence-corrected chi connectivity index (χ2v) is 9.74. The highest BCUT2D eigenvalue weighted by molar-refractivity contribution is 5.78. The molecule has 0 spiro atoms. The van der Waals surface area contributed by atoms with Gasteiger partial charge in [-0.15, -0.1) is 0 Å². The van der Waals surface area contributed by atoms with Gasteiger partial charge in [-0.25, -0.2) is 0 Å². The Bertz CT molecular complexity index is 858. The maximum absolute atomic E-state index is 13.0. The molecule has 1 saturated heterocycles. The minimum Gasteiger partial charge on any atom is -0.497 e. The maximum Gasteiger partial charge on any atom is 0.225 e. The van der Waals surface area contributed by atoms with Crippen molar-refractivity contribution in [3.05, 3.63) is 53.9 Å². The van der Waals surface area contributed by atoms with E-state index in [1.165, 1.54) is 11.3 Å². The Hall–Kier alpha value is -2.27. The second-order valence-electron chi connectivity index (χ2n) is 9.74. The van der Waals surface area contributed by atoms with Crippen LogP contribution >= 0.6 is 0 Å². The Morgan fingerprint density at radius 1 is 1.16 bits per heavy atom. The van der Waals surface area contributed by atoms with Crippen molar-refractivity contribution in [2.75, 3.05) is 33.3 Å². The highest BCUT2D eigenvalue weighted by atomic mass is 16.5. The van der Waals surface area contributed by atoms with Crippen molar-refractivity contribution in [1.82, 2.24) is 14.4 Å². The number of aryl methyl sites for hydroxylation is 1. The van der Waals surface area contributed by atoms with E-state index >= 15 is 0 Å². The van der Waals surface area contributed by atoms with E-state index in [9.17, 15) is 4.79 Å². The van der Waals surface area contributed by atoms with Gasteiger partial charge in [0.05, 0.1) is 7.11 Å². The quantitative estimate of drug-likeness (QED) is 0.598. The number of likely N-dealkylation sites (tertiary alicyclic amines) is 1. The number of amides is 1. The van der Waals surface area contributed by atoms with E-state index in [0.29, 0.717) is 17.8 Å². The van der Waals surface area contributed by atoms with E-state index in [4.69, 9.17) is 4.74 Å². The molecule has 1 fully saturated rings. The van der Waals surface area contributed by atoms with Crippen molar-refractivity contribution >= 4 is 5.91 Å². The van der Waals surface area contributed by atoms with Crippen LogP contribution in [-0.2, 0) is 18.4 Å². The van der Waals surface area contributed by atoms with Gasteiger partial charge in [-0.2, -0.15) is 0 Å². The van der Waals surface area contributed by atoms with Crippen molar-refractivity contribution in [2.24, 2.45) is 24.8 Å². The Kier molecular flexibility index (Phi) is 7.82. The molecule has 0 aliphatic carbocycles. The Morgan fingerprint density at radius 2 is 1.94 bits per heavy atom. The topological polar surface area (TPSA) is 37.7 Å². The van der Waals surface area contributed by atoms with Crippen LogP contribution in [0.25, 0.3) is 0 Å². The zero-order valence-electron chi connectivity index (χ0n) is 20.0. The summed E-state index contributed by atoms with van der Waals surface area (Å²) in [4.78, 5) is 17.6. The van der Waals surface area contributed by atoms with Gasteiger partial charge < -0.3 is 14.2 Å². The van der Waals surface area contributed by atoms with Gasteiger partial charge in [0, 0.05) is 63.5 Å². The molecule has 0 saturated carbocycles. The minimum absolute atomic E-state index is 0.0230. The zero-order valence-corrected chi connectivity index (χ0v) is 20.0. The third-order valence-electron chi connectivity index (χ3n) is 6.32. The number of hydrogen-bond acceptors (Lipinski definition) is 3. The van der Waals surface area contributed by atoms with Gasteiger partial charge in [0.2, 0.25) is 5.91 Å². The van der Waals surface area contributed by atoms with E-state index in [1.807, 2.05) is 19.9 Å². The minimum atomic E-state index is 0.0230. The normalized spacial score (nSPS) is 19.4. The lowest BCUT2D eigenvalue weighted by molar-refractivity contribution is -0.135. The van der Waals surface area contributed by atoms with Crippen molar-refractivity contribution < 1.29 is 9.53 Å². The molecule has 5 heteroatoms. The van der Waals surface area contributed by atoms with Crippen LogP contribution in [0.2, 0.25) is 0 Å². The average molecular weight is 426 g/mol. The summed E-state index contributed by atoms with van der Waals surface area (Å²) in [7, 11) is 3.83. The zero-order chi connectivity index (χ0) is 22.5. The van der Waals surface area contributed by atoms with Crippen molar-refractivity contribution in [3.63, 3.8) is 0 Å². The number of rotatable bonds is 9. The molecule has 3 rings (SSSR count). The molecule has 0 unspecified atom stereocenters. The number of nitrogens with zero attached hydrogens (tertiary/aromatic N) is 3. The Balaban J connectivity index is 1.85. The number of carbonyl (C=O) groups excluding carboxylic acids is 1. The molecule has 2 atom stereocenters. The first-order valence-corrected chi connectivity index (χ1v) is 11.5. The van der Waals surface area contributed by atoms with Gasteiger partial charge in [-0.05, 0) is 41.7 Å². The fraction of sp³-hybridized carbons (Fsp3) is 0.577. The molecule has 0 radical (unpaired) electrons. The van der Waals surface area contributed by atoms with Crippen LogP contribution in [0.15, 0.2) is 42.6 Å². The summed E-state index contributed by atoms with van der Waals surface area (Å²) in [5.41, 5.74) is 2.63. The van der Waals surface area contributed by atoms with Gasteiger partial charge in [0.25, 0.3) is 0 Å². The van der Waals surface area contributed by atoms with Gasteiger partial charge in [-0.3, -0.25) is 9.69 Å². The third-order valence-corrected chi connectivity index (χ3v) is 6.32. The largest absolute Gasteiger partial charge is 0.497 e. The summed E-state index contributed by atoms with van der Waals surface area (Å²) < 4.78 is 7.70. The molecule has 2 heterocycles. The molecule has 1 aliphatic rings. The predicted octanol–water partition coefficient (Wildman–Crippen LogP) is 4.39. The molecule has 1 aliphatic heterocycles. The fourth-order valence-corrected chi connectivity index (χ4v) is 4.76. The van der Waals surface area contributed by atoms with Gasteiger partial charge >= 0.3 is 0 Å². The van der Waals surface area contributed by atoms with E-state index < -0.39 is 0 Å². The third kappa shape index (κ3) is 5.91. The highest BCUT2D eigenvalue weighted by Gasteiger charge is 2.36. The fourth-order valence-electron chi connectivity index (χ4n) is 4.76. The van der Waals surface area contributed by atoms with Crippen LogP contribution in [0.5, 0.6) is 5.75 Å². The molecular weight excluding hydrogens is 386 g/mol. The summed E-state index contributed by atoms with van der Waals surface area (Å²) in [5.74, 6) is 2.42. The maximum atomic E-state index is 13.0. The molecule has 2 aromatic rings. The van der Waals surface area contributed by atoms with E-state index in [0.717, 1.165) is 38.5 Å². The second kappa shape index (κ2) is 10.4. The molecule has 0 bridgehead atoms. The average Bonchev–Trinajstić information content (AvgIpc) is 3.32. The first kappa shape index (κ1) is 23.4. The van der Waals surface area contributed by atoms with Gasteiger partial charge in [-0.1, -0.05) is 39.8 Å². The standard InChI is InChI=1S/C26H39N3O2/c1-19(2)14-29(26(30)20(3)4)16-22-15-28(17-23-10-8-12-27(23)5)18-25(22)21-9-7-11-24(13-21)31-6/h7-13,19-20,22,25H,14-18H2,1-6H3/t22-,25-/m0/s1. The molecule has 5 nitrogen and oxygen atoms in total. The Morgan fingerprint density at radius 3 is 2.55 bits per heavy atom. The molecule has 0 N–H and O–H groups in total. The summed E-state index contributed by atoms with van der Waals surface area (Å²) in [6, 6.07) is 12.8. The van der Waals surface area contributed by atoms with Crippen molar-refractivity contribution in [1.29, 1.82) is 0 Å². The van der Waals surface area contributed by atoms with Crippen LogP contribution in [-0.4, -0.2) is 53.6 Å². The Labute approximate surface area is 188 Å². The van der Waals surface area contributed by atoms with Crippen LogP contribution in [0.1, 0.15) is 44.9 Å². The number of benzene rings is 1.